The van der Waals surface area contributed by atoms with Gasteiger partial charge in [-0.15, -0.1) is 0 Å². The monoisotopic (exact) mass is 403 g/mol. The Morgan fingerprint density at radius 1 is 1.07 bits per heavy atom. The van der Waals surface area contributed by atoms with Gasteiger partial charge in [-0.05, 0) is 60.4 Å². The average molecular weight is 404 g/mol. The molecule has 0 saturated carbocycles. The van der Waals surface area contributed by atoms with E-state index in [9.17, 15) is 4.39 Å². The van der Waals surface area contributed by atoms with Gasteiger partial charge in [-0.25, -0.2) is 19.3 Å². The molecule has 0 radical (unpaired) electrons. The first-order valence-corrected chi connectivity index (χ1v) is 10.4. The lowest BCUT2D eigenvalue weighted by molar-refractivity contribution is 0.591. The molecule has 0 spiro atoms. The summed E-state index contributed by atoms with van der Waals surface area (Å²) >= 11 is 0. The number of halogens is 1. The van der Waals surface area contributed by atoms with Crippen molar-refractivity contribution >= 4 is 11.6 Å². The van der Waals surface area contributed by atoms with Crippen molar-refractivity contribution in [3.8, 4) is 22.6 Å². The van der Waals surface area contributed by atoms with Crippen molar-refractivity contribution in [2.75, 3.05) is 11.9 Å². The zero-order chi connectivity index (χ0) is 21.1. The van der Waals surface area contributed by atoms with Gasteiger partial charge in [0, 0.05) is 24.5 Å². The maximum atomic E-state index is 13.5. The zero-order valence-electron chi connectivity index (χ0n) is 17.6. The van der Waals surface area contributed by atoms with Crippen molar-refractivity contribution in [2.45, 2.75) is 33.6 Å². The summed E-state index contributed by atoms with van der Waals surface area (Å²) in [7, 11) is 0. The van der Waals surface area contributed by atoms with Gasteiger partial charge in [0.25, 0.3) is 0 Å². The summed E-state index contributed by atoms with van der Waals surface area (Å²) in [6.07, 6.45) is 5.81. The third-order valence-electron chi connectivity index (χ3n) is 5.42. The summed E-state index contributed by atoms with van der Waals surface area (Å²) in [6, 6.07) is 12.5. The molecule has 1 aromatic carbocycles. The molecule has 154 valence electrons. The topological polar surface area (TPSA) is 55.1 Å². The van der Waals surface area contributed by atoms with Gasteiger partial charge < -0.3 is 5.32 Å². The minimum Gasteiger partial charge on any atom is -0.354 e. The highest BCUT2D eigenvalue weighted by atomic mass is 19.1. The third-order valence-corrected chi connectivity index (χ3v) is 5.42. The fraction of sp³-hybridized carbons (Fsp3) is 0.292. The van der Waals surface area contributed by atoms with Gasteiger partial charge in [0.05, 0.1) is 17.1 Å². The van der Waals surface area contributed by atoms with Crippen LogP contribution in [-0.4, -0.2) is 25.9 Å². The quantitative estimate of drug-likeness (QED) is 0.435. The molecule has 6 heteroatoms. The molecule has 0 aliphatic rings. The number of aromatic nitrogens is 4. The predicted octanol–water partition coefficient (Wildman–Crippen LogP) is 5.62. The number of pyridine rings is 1. The van der Waals surface area contributed by atoms with Gasteiger partial charge in [0.15, 0.2) is 0 Å². The molecular formula is C24H26FN5. The van der Waals surface area contributed by atoms with E-state index in [0.717, 1.165) is 47.7 Å². The van der Waals surface area contributed by atoms with Gasteiger partial charge >= 0.3 is 0 Å². The minimum atomic E-state index is -0.268. The molecule has 1 N–H and O–H groups in total. The molecular weight excluding hydrogens is 377 g/mol. The second-order valence-electron chi connectivity index (χ2n) is 7.59. The molecule has 0 fully saturated rings. The van der Waals surface area contributed by atoms with Crippen LogP contribution in [0.5, 0.6) is 0 Å². The van der Waals surface area contributed by atoms with Crippen molar-refractivity contribution in [2.24, 2.45) is 5.92 Å². The number of benzene rings is 1. The lowest BCUT2D eigenvalue weighted by atomic mass is 10.1. The predicted molar refractivity (Wildman–Crippen MR) is 119 cm³/mol. The summed E-state index contributed by atoms with van der Waals surface area (Å²) in [5.41, 5.74) is 5.32. The molecule has 0 aliphatic heterocycles. The van der Waals surface area contributed by atoms with Crippen LogP contribution in [0, 0.1) is 11.7 Å². The first-order chi connectivity index (χ1) is 14.6. The van der Waals surface area contributed by atoms with E-state index in [2.05, 4.69) is 43.2 Å². The molecule has 0 bridgehead atoms. The molecule has 0 saturated heterocycles. The van der Waals surface area contributed by atoms with Gasteiger partial charge in [0.2, 0.25) is 5.95 Å². The van der Waals surface area contributed by atoms with E-state index in [-0.39, 0.29) is 5.82 Å². The number of fused-ring (bicyclic) bond motifs is 1. The van der Waals surface area contributed by atoms with Crippen LogP contribution in [-0.2, 0) is 6.42 Å². The Balaban J connectivity index is 1.84. The minimum absolute atomic E-state index is 0.268. The maximum absolute atomic E-state index is 13.5. The normalized spacial score (nSPS) is 12.3. The molecule has 3 heterocycles. The number of nitrogens with zero attached hydrogens (tertiary/aromatic N) is 4. The molecule has 0 aliphatic carbocycles. The summed E-state index contributed by atoms with van der Waals surface area (Å²) in [5, 5.41) is 3.33. The number of nitrogens with one attached hydrogen (secondary N) is 1. The number of hydrogen-bond donors (Lipinski definition) is 1. The smallest absolute Gasteiger partial charge is 0.223 e. The number of imidazole rings is 1. The van der Waals surface area contributed by atoms with Crippen molar-refractivity contribution in [3.63, 3.8) is 0 Å². The Labute approximate surface area is 176 Å². The number of aryl methyl sites for hydroxylation is 1. The fourth-order valence-corrected chi connectivity index (χ4v) is 3.35. The Morgan fingerprint density at radius 3 is 2.60 bits per heavy atom. The lowest BCUT2D eigenvalue weighted by Gasteiger charge is -2.11. The third kappa shape index (κ3) is 4.03. The van der Waals surface area contributed by atoms with Crippen LogP contribution in [0.3, 0.4) is 0 Å². The Morgan fingerprint density at radius 2 is 1.87 bits per heavy atom. The van der Waals surface area contributed by atoms with Crippen LogP contribution < -0.4 is 5.32 Å². The number of hydrogen-bond acceptors (Lipinski definition) is 4. The van der Waals surface area contributed by atoms with Crippen LogP contribution in [0.25, 0.3) is 28.3 Å². The first kappa shape index (κ1) is 20.0. The number of rotatable bonds is 7. The van der Waals surface area contributed by atoms with Crippen molar-refractivity contribution in [3.05, 3.63) is 66.2 Å². The van der Waals surface area contributed by atoms with Gasteiger partial charge in [-0.3, -0.25) is 4.40 Å². The van der Waals surface area contributed by atoms with Gasteiger partial charge in [-0.1, -0.05) is 27.2 Å². The first-order valence-electron chi connectivity index (χ1n) is 10.4. The maximum Gasteiger partial charge on any atom is 0.223 e. The van der Waals surface area contributed by atoms with Crippen LogP contribution in [0.4, 0.5) is 10.3 Å². The van der Waals surface area contributed by atoms with Crippen LogP contribution >= 0.6 is 0 Å². The summed E-state index contributed by atoms with van der Waals surface area (Å²) < 4.78 is 15.5. The molecule has 3 aromatic heterocycles. The lowest BCUT2D eigenvalue weighted by Crippen LogP contribution is -2.12. The fourth-order valence-electron chi connectivity index (χ4n) is 3.35. The molecule has 4 aromatic rings. The standard InChI is InChI=1S/C24H26FN5/c1-4-16(3)15-27-24-26-12-10-20(28-24)23-22(18-6-8-19(25)9-7-18)29-21-14-17(5-2)11-13-30(21)23/h6-14,16H,4-5,15H2,1-3H3,(H,26,27,28). The van der Waals surface area contributed by atoms with Crippen LogP contribution in [0.2, 0.25) is 0 Å². The molecule has 1 unspecified atom stereocenters. The van der Waals surface area contributed by atoms with Crippen molar-refractivity contribution in [1.29, 1.82) is 0 Å². The van der Waals surface area contributed by atoms with Gasteiger partial charge in [-0.2, -0.15) is 0 Å². The van der Waals surface area contributed by atoms with Crippen molar-refractivity contribution in [1.82, 2.24) is 19.4 Å². The number of anilines is 1. The van der Waals surface area contributed by atoms with E-state index in [0.29, 0.717) is 11.9 Å². The van der Waals surface area contributed by atoms with E-state index in [4.69, 9.17) is 9.97 Å². The van der Waals surface area contributed by atoms with E-state index >= 15 is 0 Å². The molecule has 1 atom stereocenters. The van der Waals surface area contributed by atoms with Crippen molar-refractivity contribution < 1.29 is 4.39 Å². The SMILES string of the molecule is CCc1ccn2c(-c3ccnc(NCC(C)CC)n3)c(-c3ccc(F)cc3)nc2c1. The highest BCUT2D eigenvalue weighted by Gasteiger charge is 2.18. The molecule has 5 nitrogen and oxygen atoms in total. The van der Waals surface area contributed by atoms with E-state index in [1.807, 2.05) is 16.7 Å². The Hall–Kier alpha value is -3.28. The van der Waals surface area contributed by atoms with E-state index in [1.165, 1.54) is 17.7 Å². The Kier molecular flexibility index (Phi) is 5.74. The van der Waals surface area contributed by atoms with E-state index in [1.54, 1.807) is 18.3 Å². The second kappa shape index (κ2) is 8.61. The summed E-state index contributed by atoms with van der Waals surface area (Å²) in [4.78, 5) is 14.0. The Bertz CT molecular complexity index is 1150. The summed E-state index contributed by atoms with van der Waals surface area (Å²) in [6.45, 7) is 7.30. The zero-order valence-corrected chi connectivity index (χ0v) is 17.6. The van der Waals surface area contributed by atoms with Gasteiger partial charge in [0.1, 0.15) is 11.5 Å². The molecule has 4 rings (SSSR count). The second-order valence-corrected chi connectivity index (χ2v) is 7.59. The molecule has 30 heavy (non-hydrogen) atoms. The largest absolute Gasteiger partial charge is 0.354 e. The average Bonchev–Trinajstić information content (AvgIpc) is 3.16. The van der Waals surface area contributed by atoms with E-state index < -0.39 is 0 Å². The molecule has 0 amide bonds. The summed E-state index contributed by atoms with van der Waals surface area (Å²) in [5.74, 6) is 0.865. The highest BCUT2D eigenvalue weighted by Crippen LogP contribution is 2.32. The van der Waals surface area contributed by atoms with Crippen LogP contribution in [0.15, 0.2) is 54.9 Å². The van der Waals surface area contributed by atoms with Crippen LogP contribution in [0.1, 0.15) is 32.8 Å². The highest BCUT2D eigenvalue weighted by molar-refractivity contribution is 5.80.